The van der Waals surface area contributed by atoms with E-state index in [1.165, 1.54) is 0 Å². The smallest absolute Gasteiger partial charge is 0.260 e. The minimum atomic E-state index is -0.152. The van der Waals surface area contributed by atoms with Gasteiger partial charge in [-0.25, -0.2) is 4.98 Å². The van der Waals surface area contributed by atoms with E-state index in [9.17, 15) is 4.79 Å². The van der Waals surface area contributed by atoms with E-state index in [0.29, 0.717) is 40.0 Å². The van der Waals surface area contributed by atoms with Gasteiger partial charge in [0.2, 0.25) is 0 Å². The quantitative estimate of drug-likeness (QED) is 0.758. The molecule has 1 fully saturated rings. The average Bonchev–Trinajstić information content (AvgIpc) is 3.34. The van der Waals surface area contributed by atoms with Gasteiger partial charge in [-0.05, 0) is 32.8 Å². The molecule has 1 N–H and O–H groups in total. The lowest BCUT2D eigenvalue weighted by molar-refractivity contribution is 0.0729. The van der Waals surface area contributed by atoms with Crippen molar-refractivity contribution in [3.63, 3.8) is 0 Å². The maximum absolute atomic E-state index is 13.3. The molecule has 0 bridgehead atoms. The van der Waals surface area contributed by atoms with Gasteiger partial charge in [0.05, 0.1) is 11.1 Å². The molecule has 1 amide bonds. The van der Waals surface area contributed by atoms with Crippen molar-refractivity contribution >= 4 is 17.5 Å². The first-order valence-corrected chi connectivity index (χ1v) is 8.85. The Kier molecular flexibility index (Phi) is 4.24. The van der Waals surface area contributed by atoms with Crippen LogP contribution >= 0.6 is 11.6 Å². The number of aromatic amines is 1. The second kappa shape index (κ2) is 6.57. The van der Waals surface area contributed by atoms with Crippen LogP contribution in [-0.2, 0) is 0 Å². The fraction of sp³-hybridized carbons (Fsp3) is 0.333. The molecule has 0 aliphatic carbocycles. The van der Waals surface area contributed by atoms with Crippen molar-refractivity contribution in [2.24, 2.45) is 0 Å². The summed E-state index contributed by atoms with van der Waals surface area (Å²) >= 11 is 6.30. The van der Waals surface area contributed by atoms with Crippen LogP contribution in [0, 0.1) is 13.8 Å². The number of carbonyl (C=O) groups is 1. The van der Waals surface area contributed by atoms with Crippen molar-refractivity contribution in [1.82, 2.24) is 25.2 Å². The largest absolute Gasteiger partial charge is 0.360 e. The lowest BCUT2D eigenvalue weighted by atomic mass is 10.0. The monoisotopic (exact) mass is 371 g/mol. The van der Waals surface area contributed by atoms with Gasteiger partial charge in [-0.1, -0.05) is 35.0 Å². The number of likely N-dealkylation sites (tertiary alicyclic amines) is 1. The highest BCUT2D eigenvalue weighted by molar-refractivity contribution is 6.33. The van der Waals surface area contributed by atoms with Crippen molar-refractivity contribution in [1.29, 1.82) is 0 Å². The molecule has 1 saturated heterocycles. The second-order valence-corrected chi connectivity index (χ2v) is 6.79. The molecule has 0 radical (unpaired) electrons. The van der Waals surface area contributed by atoms with Crippen molar-refractivity contribution in [3.05, 3.63) is 52.3 Å². The third kappa shape index (κ3) is 2.78. The highest BCUT2D eigenvalue weighted by atomic mass is 35.5. The molecule has 0 saturated carbocycles. The summed E-state index contributed by atoms with van der Waals surface area (Å²) in [5.74, 6) is 1.71. The van der Waals surface area contributed by atoms with E-state index in [4.69, 9.17) is 16.1 Å². The molecule has 7 nitrogen and oxygen atoms in total. The second-order valence-electron chi connectivity index (χ2n) is 6.38. The summed E-state index contributed by atoms with van der Waals surface area (Å²) in [6, 6.07) is 7.14. The Labute approximate surface area is 155 Å². The third-order valence-corrected chi connectivity index (χ3v) is 4.96. The molecule has 26 heavy (non-hydrogen) atoms. The number of benzene rings is 1. The van der Waals surface area contributed by atoms with Gasteiger partial charge in [0, 0.05) is 12.1 Å². The van der Waals surface area contributed by atoms with Crippen LogP contribution in [-0.4, -0.2) is 37.7 Å². The van der Waals surface area contributed by atoms with Gasteiger partial charge in [0.1, 0.15) is 22.8 Å². The molecule has 4 rings (SSSR count). The van der Waals surface area contributed by atoms with E-state index < -0.39 is 0 Å². The predicted octanol–water partition coefficient (Wildman–Crippen LogP) is 3.71. The number of carbonyl (C=O) groups excluding carboxylic acids is 1. The standard InChI is InChI=1S/C18H18ClN5O2/c1-10-15(16(23-26-10)12-6-3-4-7-13(12)19)18(25)24-9-5-8-14(24)17-20-11(2)21-22-17/h3-4,6-7,14H,5,8-9H2,1-2H3,(H,20,21,22)/t14-/m1/s1. The third-order valence-electron chi connectivity index (χ3n) is 4.63. The molecule has 2 aromatic heterocycles. The fourth-order valence-electron chi connectivity index (χ4n) is 3.39. The van der Waals surface area contributed by atoms with Gasteiger partial charge in [-0.2, -0.15) is 5.10 Å². The van der Waals surface area contributed by atoms with Gasteiger partial charge < -0.3 is 9.42 Å². The zero-order valence-corrected chi connectivity index (χ0v) is 15.2. The van der Waals surface area contributed by atoms with Crippen molar-refractivity contribution < 1.29 is 9.32 Å². The summed E-state index contributed by atoms with van der Waals surface area (Å²) < 4.78 is 5.34. The van der Waals surface area contributed by atoms with Crippen LogP contribution in [0.5, 0.6) is 0 Å². The maximum Gasteiger partial charge on any atom is 0.260 e. The SMILES string of the molecule is Cc1nc([C@H]2CCCN2C(=O)c2c(-c3ccccc3Cl)noc2C)n[nH]1. The van der Waals surface area contributed by atoms with Gasteiger partial charge in [-0.15, -0.1) is 0 Å². The highest BCUT2D eigenvalue weighted by Crippen LogP contribution is 2.36. The van der Waals surface area contributed by atoms with Crippen molar-refractivity contribution in [2.75, 3.05) is 6.54 Å². The van der Waals surface area contributed by atoms with E-state index >= 15 is 0 Å². The lowest BCUT2D eigenvalue weighted by Crippen LogP contribution is -2.31. The predicted molar refractivity (Wildman–Crippen MR) is 95.8 cm³/mol. The van der Waals surface area contributed by atoms with Crippen LogP contribution in [0.25, 0.3) is 11.3 Å². The van der Waals surface area contributed by atoms with E-state index in [1.807, 2.05) is 25.1 Å². The Balaban J connectivity index is 1.73. The first kappa shape index (κ1) is 16.8. The van der Waals surface area contributed by atoms with Crippen LogP contribution in [0.1, 0.15) is 46.7 Å². The van der Waals surface area contributed by atoms with E-state index in [0.717, 1.165) is 18.7 Å². The number of aryl methyl sites for hydroxylation is 2. The summed E-state index contributed by atoms with van der Waals surface area (Å²) in [5.41, 5.74) is 1.59. The minimum Gasteiger partial charge on any atom is -0.360 e. The number of halogens is 1. The molecule has 3 heterocycles. The molecule has 134 valence electrons. The Morgan fingerprint density at radius 1 is 1.35 bits per heavy atom. The molecule has 1 aromatic carbocycles. The summed E-state index contributed by atoms with van der Waals surface area (Å²) in [6.45, 7) is 4.23. The summed E-state index contributed by atoms with van der Waals surface area (Å²) in [4.78, 5) is 19.5. The van der Waals surface area contributed by atoms with Crippen LogP contribution < -0.4 is 0 Å². The molecule has 8 heteroatoms. The van der Waals surface area contributed by atoms with Crippen LogP contribution in [0.4, 0.5) is 0 Å². The number of hydrogen-bond donors (Lipinski definition) is 1. The summed E-state index contributed by atoms with van der Waals surface area (Å²) in [6.07, 6.45) is 1.73. The van der Waals surface area contributed by atoms with E-state index in [-0.39, 0.29) is 11.9 Å². The summed E-state index contributed by atoms with van der Waals surface area (Å²) in [7, 11) is 0. The lowest BCUT2D eigenvalue weighted by Gasteiger charge is -2.22. The van der Waals surface area contributed by atoms with Gasteiger partial charge in [0.25, 0.3) is 5.91 Å². The van der Waals surface area contributed by atoms with E-state index in [2.05, 4.69) is 20.3 Å². The molecule has 0 spiro atoms. The fourth-order valence-corrected chi connectivity index (χ4v) is 3.62. The highest BCUT2D eigenvalue weighted by Gasteiger charge is 2.36. The molecule has 0 unspecified atom stereocenters. The Hall–Kier alpha value is -2.67. The number of H-pyrrole nitrogens is 1. The van der Waals surface area contributed by atoms with Gasteiger partial charge in [-0.3, -0.25) is 9.89 Å². The molecular weight excluding hydrogens is 354 g/mol. The number of nitrogens with one attached hydrogen (secondary N) is 1. The first-order valence-electron chi connectivity index (χ1n) is 8.47. The normalized spacial score (nSPS) is 17.0. The minimum absolute atomic E-state index is 0.136. The molecule has 1 atom stereocenters. The van der Waals surface area contributed by atoms with Gasteiger partial charge >= 0.3 is 0 Å². The van der Waals surface area contributed by atoms with Crippen LogP contribution in [0.15, 0.2) is 28.8 Å². The zero-order chi connectivity index (χ0) is 18.3. The van der Waals surface area contributed by atoms with Crippen molar-refractivity contribution in [2.45, 2.75) is 32.7 Å². The van der Waals surface area contributed by atoms with Crippen molar-refractivity contribution in [3.8, 4) is 11.3 Å². The van der Waals surface area contributed by atoms with Gasteiger partial charge in [0.15, 0.2) is 5.82 Å². The number of hydrogen-bond acceptors (Lipinski definition) is 5. The molecular formula is C18H18ClN5O2. The van der Waals surface area contributed by atoms with Crippen LogP contribution in [0.3, 0.4) is 0 Å². The molecule has 3 aromatic rings. The topological polar surface area (TPSA) is 87.9 Å². The maximum atomic E-state index is 13.3. The molecule has 1 aliphatic rings. The Morgan fingerprint density at radius 3 is 2.88 bits per heavy atom. The number of rotatable bonds is 3. The van der Waals surface area contributed by atoms with E-state index in [1.54, 1.807) is 17.9 Å². The number of nitrogens with zero attached hydrogens (tertiary/aromatic N) is 4. The molecule has 1 aliphatic heterocycles. The first-order chi connectivity index (χ1) is 12.6. The number of amides is 1. The Bertz CT molecular complexity index is 964. The Morgan fingerprint density at radius 2 is 2.15 bits per heavy atom. The number of aromatic nitrogens is 4. The van der Waals surface area contributed by atoms with Crippen LogP contribution in [0.2, 0.25) is 5.02 Å². The average molecular weight is 372 g/mol. The summed E-state index contributed by atoms with van der Waals surface area (Å²) in [5, 5.41) is 11.7. The zero-order valence-electron chi connectivity index (χ0n) is 14.5.